The molecule has 2 rings (SSSR count). The smallest absolute Gasteiger partial charge is 0.306 e. The SMILES string of the molecule is CC[C@H]1/C=C(C)/C=C/C(=O)C(C)(O)C[C@H](C)[C@H](OC2OC(C)C(C)C(N(C)C)C2OC)[C@@H](C)[C@H](C)CC(=O)O[C@@H]1CC. The number of carbonyl (C=O) groups excluding carboxylic acids is 2. The van der Waals surface area contributed by atoms with E-state index in [-0.39, 0.29) is 78.5 Å². The highest BCUT2D eigenvalue weighted by Crippen LogP contribution is 2.37. The van der Waals surface area contributed by atoms with E-state index in [1.54, 1.807) is 20.1 Å². The fourth-order valence-corrected chi connectivity index (χ4v) is 6.78. The Hall–Kier alpha value is -1.58. The van der Waals surface area contributed by atoms with Crippen LogP contribution in [-0.2, 0) is 28.5 Å². The van der Waals surface area contributed by atoms with Crippen molar-refractivity contribution in [1.29, 1.82) is 0 Å². The first-order valence-electron chi connectivity index (χ1n) is 15.9. The second-order valence-electron chi connectivity index (χ2n) is 13.4. The summed E-state index contributed by atoms with van der Waals surface area (Å²) in [6.45, 7) is 17.9. The first kappa shape index (κ1) is 36.6. The molecule has 0 radical (unpaired) electrons. The second-order valence-corrected chi connectivity index (χ2v) is 13.4. The Balaban J connectivity index is 2.51. The average molecular weight is 594 g/mol. The number of rotatable bonds is 6. The first-order chi connectivity index (χ1) is 19.6. The number of likely N-dealkylation sites (N-methyl/N-ethyl adjacent to an activating group) is 1. The summed E-state index contributed by atoms with van der Waals surface area (Å²) < 4.78 is 25.2. The monoisotopic (exact) mass is 593 g/mol. The third kappa shape index (κ3) is 9.21. The first-order valence-corrected chi connectivity index (χ1v) is 15.9. The molecule has 0 aliphatic carbocycles. The van der Waals surface area contributed by atoms with E-state index < -0.39 is 18.0 Å². The van der Waals surface area contributed by atoms with Crippen LogP contribution in [0.4, 0.5) is 0 Å². The van der Waals surface area contributed by atoms with E-state index in [2.05, 4.69) is 31.7 Å². The molecule has 242 valence electrons. The van der Waals surface area contributed by atoms with Crippen molar-refractivity contribution >= 4 is 11.8 Å². The summed E-state index contributed by atoms with van der Waals surface area (Å²) in [7, 11) is 5.74. The minimum Gasteiger partial charge on any atom is -0.462 e. The number of ether oxygens (including phenoxy) is 4. The number of allylic oxidation sites excluding steroid dienone is 2. The molecule has 8 heteroatoms. The standard InChI is InChI=1S/C34H59NO7/c1-13-26-17-20(3)15-16-28(36)34(9,38)19-22(5)31(23(6)21(4)18-29(37)41-27(26)14-2)42-33-32(39-12)30(35(10)11)24(7)25(8)40-33/h15-17,21-27,30-33,38H,13-14,18-19H2,1-12H3/b16-15+,20-17+/t21-,22+,23+,24?,25?,26+,27-,30?,31+,32?,33?,34?/m1/s1. The number of hydrogen-bond donors (Lipinski definition) is 1. The van der Waals surface area contributed by atoms with Crippen LogP contribution in [0.3, 0.4) is 0 Å². The fraction of sp³-hybridized carbons (Fsp3) is 0.824. The van der Waals surface area contributed by atoms with Crippen molar-refractivity contribution in [1.82, 2.24) is 4.90 Å². The Morgan fingerprint density at radius 2 is 1.64 bits per heavy atom. The molecule has 2 heterocycles. The number of cyclic esters (lactones) is 1. The fourth-order valence-electron chi connectivity index (χ4n) is 6.78. The lowest BCUT2D eigenvalue weighted by atomic mass is 9.78. The van der Waals surface area contributed by atoms with Crippen molar-refractivity contribution in [3.63, 3.8) is 0 Å². The molecule has 0 aromatic heterocycles. The van der Waals surface area contributed by atoms with Gasteiger partial charge in [-0.05, 0) is 78.0 Å². The van der Waals surface area contributed by atoms with E-state index in [0.29, 0.717) is 6.42 Å². The largest absolute Gasteiger partial charge is 0.462 e. The maximum atomic E-state index is 13.2. The Kier molecular flexibility index (Phi) is 13.9. The van der Waals surface area contributed by atoms with Gasteiger partial charge in [0.05, 0.1) is 12.2 Å². The molecule has 0 bridgehead atoms. The zero-order chi connectivity index (χ0) is 31.9. The maximum Gasteiger partial charge on any atom is 0.306 e. The molecule has 2 aliphatic rings. The van der Waals surface area contributed by atoms with Gasteiger partial charge in [0.2, 0.25) is 0 Å². The van der Waals surface area contributed by atoms with Crippen molar-refractivity contribution in [2.24, 2.45) is 29.6 Å². The molecule has 0 aromatic rings. The highest BCUT2D eigenvalue weighted by Gasteiger charge is 2.47. The van der Waals surface area contributed by atoms with Crippen molar-refractivity contribution in [3.05, 3.63) is 23.8 Å². The molecular formula is C34H59NO7. The van der Waals surface area contributed by atoms with Crippen molar-refractivity contribution in [2.75, 3.05) is 21.2 Å². The van der Waals surface area contributed by atoms with Crippen molar-refractivity contribution in [3.8, 4) is 0 Å². The lowest BCUT2D eigenvalue weighted by Gasteiger charge is -2.48. The van der Waals surface area contributed by atoms with Gasteiger partial charge in [0.1, 0.15) is 17.8 Å². The van der Waals surface area contributed by atoms with Gasteiger partial charge in [-0.15, -0.1) is 0 Å². The topological polar surface area (TPSA) is 94.5 Å². The molecular weight excluding hydrogens is 534 g/mol. The molecule has 8 nitrogen and oxygen atoms in total. The lowest BCUT2D eigenvalue weighted by molar-refractivity contribution is -0.298. The Labute approximate surface area is 255 Å². The average Bonchev–Trinajstić information content (AvgIpc) is 2.91. The van der Waals surface area contributed by atoms with E-state index in [0.717, 1.165) is 12.0 Å². The number of nitrogens with zero attached hydrogens (tertiary/aromatic N) is 1. The Morgan fingerprint density at radius 1 is 1.00 bits per heavy atom. The Bertz CT molecular complexity index is 944. The number of aliphatic hydroxyl groups is 1. The molecule has 0 amide bonds. The summed E-state index contributed by atoms with van der Waals surface area (Å²) in [4.78, 5) is 28.6. The van der Waals surface area contributed by atoms with Gasteiger partial charge >= 0.3 is 5.97 Å². The maximum absolute atomic E-state index is 13.2. The lowest BCUT2D eigenvalue weighted by Crippen LogP contribution is -2.60. The van der Waals surface area contributed by atoms with E-state index in [4.69, 9.17) is 18.9 Å². The van der Waals surface area contributed by atoms with Gasteiger partial charge in [-0.3, -0.25) is 9.59 Å². The molecule has 1 N–H and O–H groups in total. The van der Waals surface area contributed by atoms with E-state index >= 15 is 0 Å². The molecule has 42 heavy (non-hydrogen) atoms. The molecule has 0 saturated carbocycles. The normalized spacial score (nSPS) is 43.5. The molecule has 2 aliphatic heterocycles. The molecule has 0 aromatic carbocycles. The summed E-state index contributed by atoms with van der Waals surface area (Å²) in [6.07, 6.45) is 5.43. The van der Waals surface area contributed by atoms with Gasteiger partial charge in [-0.25, -0.2) is 0 Å². The van der Waals surface area contributed by atoms with E-state index in [1.165, 1.54) is 6.08 Å². The van der Waals surface area contributed by atoms with Crippen LogP contribution in [0, 0.1) is 29.6 Å². The highest BCUT2D eigenvalue weighted by molar-refractivity contribution is 5.96. The minimum atomic E-state index is -1.59. The predicted molar refractivity (Wildman–Crippen MR) is 166 cm³/mol. The highest BCUT2D eigenvalue weighted by atomic mass is 16.7. The molecule has 1 saturated heterocycles. The van der Waals surface area contributed by atoms with Crippen molar-refractivity contribution in [2.45, 2.75) is 130 Å². The van der Waals surface area contributed by atoms with Crippen LogP contribution < -0.4 is 0 Å². The molecule has 1 fully saturated rings. The summed E-state index contributed by atoms with van der Waals surface area (Å²) in [5.41, 5.74) is -0.697. The van der Waals surface area contributed by atoms with Gasteiger partial charge in [0.25, 0.3) is 0 Å². The van der Waals surface area contributed by atoms with Gasteiger partial charge in [0.15, 0.2) is 12.1 Å². The van der Waals surface area contributed by atoms with Crippen molar-refractivity contribution < 1.29 is 33.6 Å². The third-order valence-corrected chi connectivity index (χ3v) is 9.72. The van der Waals surface area contributed by atoms with Crippen LogP contribution >= 0.6 is 0 Å². The van der Waals surface area contributed by atoms with Gasteiger partial charge in [0, 0.05) is 31.4 Å². The molecule has 12 atom stereocenters. The zero-order valence-corrected chi connectivity index (χ0v) is 28.3. The number of methoxy groups -OCH3 is 1. The predicted octanol–water partition coefficient (Wildman–Crippen LogP) is 5.57. The minimum absolute atomic E-state index is 0.0272. The van der Waals surface area contributed by atoms with E-state index in [9.17, 15) is 14.7 Å². The van der Waals surface area contributed by atoms with Gasteiger partial charge in [-0.2, -0.15) is 0 Å². The zero-order valence-electron chi connectivity index (χ0n) is 28.3. The summed E-state index contributed by atoms with van der Waals surface area (Å²) in [5, 5.41) is 11.4. The van der Waals surface area contributed by atoms with Crippen LogP contribution in [0.1, 0.15) is 88.0 Å². The van der Waals surface area contributed by atoms with Crippen LogP contribution in [-0.4, -0.2) is 85.3 Å². The van der Waals surface area contributed by atoms with Crippen LogP contribution in [0.5, 0.6) is 0 Å². The number of esters is 1. The Morgan fingerprint density at radius 3 is 2.19 bits per heavy atom. The quantitative estimate of drug-likeness (QED) is 0.400. The number of hydrogen-bond acceptors (Lipinski definition) is 8. The summed E-state index contributed by atoms with van der Waals surface area (Å²) in [6, 6.07) is 0.0663. The summed E-state index contributed by atoms with van der Waals surface area (Å²) >= 11 is 0. The van der Waals surface area contributed by atoms with Gasteiger partial charge in [-0.1, -0.05) is 59.3 Å². The third-order valence-electron chi connectivity index (χ3n) is 9.72. The second kappa shape index (κ2) is 15.9. The van der Waals surface area contributed by atoms with Crippen LogP contribution in [0.15, 0.2) is 23.8 Å². The van der Waals surface area contributed by atoms with Gasteiger partial charge < -0.3 is 29.0 Å². The molecule has 0 spiro atoms. The van der Waals surface area contributed by atoms with Crippen LogP contribution in [0.2, 0.25) is 0 Å². The number of ketones is 1. The summed E-state index contributed by atoms with van der Waals surface area (Å²) in [5.74, 6) is -0.763. The number of carbonyl (C=O) groups is 2. The van der Waals surface area contributed by atoms with Crippen LogP contribution in [0.25, 0.3) is 0 Å². The molecule has 6 unspecified atom stereocenters. The van der Waals surface area contributed by atoms with E-state index in [1.807, 2.05) is 48.7 Å².